The highest BCUT2D eigenvalue weighted by molar-refractivity contribution is 7.80. The molecule has 1 rings (SSSR count). The quantitative estimate of drug-likeness (QED) is 0.604. The average Bonchev–Trinajstić information content (AvgIpc) is 2.26. The molecule has 0 aliphatic rings. The van der Waals surface area contributed by atoms with Crippen LogP contribution in [-0.2, 0) is 4.79 Å². The van der Waals surface area contributed by atoms with Gasteiger partial charge in [0.2, 0.25) is 5.91 Å². The topological polar surface area (TPSA) is 72.2 Å². The van der Waals surface area contributed by atoms with Gasteiger partial charge >= 0.3 is 0 Å². The van der Waals surface area contributed by atoms with Crippen molar-refractivity contribution < 1.29 is 9.59 Å². The summed E-state index contributed by atoms with van der Waals surface area (Å²) in [6.07, 6.45) is 0.240. The van der Waals surface area contributed by atoms with E-state index in [-0.39, 0.29) is 29.6 Å². The molecule has 84 valence electrons. The molecule has 4 nitrogen and oxygen atoms in total. The average molecular weight is 236 g/mol. The Labute approximate surface area is 98.8 Å². The van der Waals surface area contributed by atoms with E-state index in [1.54, 1.807) is 24.3 Å². The number of hydrogen-bond donors (Lipinski definition) is 2. The molecule has 1 aromatic rings. The Bertz CT molecular complexity index is 404. The fraction of sp³-hybridized carbons (Fsp3) is 0.182. The van der Waals surface area contributed by atoms with E-state index in [1.165, 1.54) is 0 Å². The zero-order valence-corrected chi connectivity index (χ0v) is 9.42. The predicted octanol–water partition coefficient (Wildman–Crippen LogP) is 1.01. The Morgan fingerprint density at radius 3 is 2.38 bits per heavy atom. The summed E-state index contributed by atoms with van der Waals surface area (Å²) < 4.78 is 0. The van der Waals surface area contributed by atoms with Gasteiger partial charge in [-0.05, 0) is 12.2 Å². The molecule has 0 radical (unpaired) electrons. The van der Waals surface area contributed by atoms with Crippen LogP contribution in [0, 0.1) is 0 Å². The first-order valence-electron chi connectivity index (χ1n) is 4.77. The summed E-state index contributed by atoms with van der Waals surface area (Å²) in [5, 5.41) is 2.20. The summed E-state index contributed by atoms with van der Waals surface area (Å²) in [4.78, 5) is 22.7. The Morgan fingerprint density at radius 1 is 1.19 bits per heavy atom. The number of nitrogens with two attached hydrogens (primary N) is 1. The predicted molar refractivity (Wildman–Crippen MR) is 64.9 cm³/mol. The number of hydrogen-bond acceptors (Lipinski definition) is 3. The van der Waals surface area contributed by atoms with Crippen LogP contribution in [0.4, 0.5) is 0 Å². The Hall–Kier alpha value is -1.75. The third-order valence-electron chi connectivity index (χ3n) is 1.94. The van der Waals surface area contributed by atoms with Crippen molar-refractivity contribution >= 4 is 29.0 Å². The summed E-state index contributed by atoms with van der Waals surface area (Å²) in [7, 11) is 0. The zero-order valence-electron chi connectivity index (χ0n) is 8.60. The maximum Gasteiger partial charge on any atom is 0.226 e. The van der Waals surface area contributed by atoms with Gasteiger partial charge in [0.25, 0.3) is 0 Å². The largest absolute Gasteiger partial charge is 0.376 e. The number of amides is 1. The molecule has 0 aliphatic heterocycles. The molecule has 0 atom stereocenters. The smallest absolute Gasteiger partial charge is 0.226 e. The number of nitrogens with one attached hydrogen (secondary N) is 1. The summed E-state index contributed by atoms with van der Waals surface area (Å²) >= 11 is 4.51. The summed E-state index contributed by atoms with van der Waals surface area (Å²) in [6, 6.07) is 8.82. The molecule has 0 unspecified atom stereocenters. The summed E-state index contributed by atoms with van der Waals surface area (Å²) in [5.74, 6) is -0.407. The summed E-state index contributed by atoms with van der Waals surface area (Å²) in [6.45, 7) is 0. The van der Waals surface area contributed by atoms with Crippen LogP contribution >= 0.6 is 12.2 Å². The van der Waals surface area contributed by atoms with E-state index >= 15 is 0 Å². The van der Waals surface area contributed by atoms with E-state index in [9.17, 15) is 9.59 Å². The lowest BCUT2D eigenvalue weighted by atomic mass is 10.1. The van der Waals surface area contributed by atoms with Crippen LogP contribution in [0.1, 0.15) is 23.2 Å². The lowest BCUT2D eigenvalue weighted by Gasteiger charge is -2.02. The van der Waals surface area contributed by atoms with Gasteiger partial charge < -0.3 is 11.1 Å². The minimum atomic E-state index is -0.336. The maximum atomic E-state index is 11.6. The Kier molecular flexibility index (Phi) is 4.60. The van der Waals surface area contributed by atoms with E-state index in [0.29, 0.717) is 5.56 Å². The number of carbonyl (C=O) groups excluding carboxylic acids is 2. The number of rotatable bonds is 4. The lowest BCUT2D eigenvalue weighted by Crippen LogP contribution is -2.34. The second kappa shape index (κ2) is 5.97. The monoisotopic (exact) mass is 236 g/mol. The van der Waals surface area contributed by atoms with Crippen molar-refractivity contribution in [1.82, 2.24) is 5.32 Å². The third kappa shape index (κ3) is 4.18. The van der Waals surface area contributed by atoms with E-state index < -0.39 is 0 Å². The van der Waals surface area contributed by atoms with Gasteiger partial charge in [0.05, 0.1) is 0 Å². The fourth-order valence-corrected chi connectivity index (χ4v) is 1.31. The molecule has 0 aromatic heterocycles. The van der Waals surface area contributed by atoms with Gasteiger partial charge in [-0.25, -0.2) is 0 Å². The maximum absolute atomic E-state index is 11.6. The van der Waals surface area contributed by atoms with Crippen LogP contribution in [0.5, 0.6) is 0 Å². The van der Waals surface area contributed by atoms with E-state index in [0.717, 1.165) is 0 Å². The highest BCUT2D eigenvalue weighted by Gasteiger charge is 2.08. The molecular weight excluding hydrogens is 224 g/mol. The first-order chi connectivity index (χ1) is 7.59. The van der Waals surface area contributed by atoms with Crippen molar-refractivity contribution in [3.8, 4) is 0 Å². The molecule has 0 spiro atoms. The molecule has 0 aliphatic carbocycles. The highest BCUT2D eigenvalue weighted by Crippen LogP contribution is 2.04. The van der Waals surface area contributed by atoms with Crippen molar-refractivity contribution in [3.05, 3.63) is 35.9 Å². The van der Waals surface area contributed by atoms with Crippen LogP contribution in [-0.4, -0.2) is 16.8 Å². The van der Waals surface area contributed by atoms with Crippen molar-refractivity contribution in [2.75, 3.05) is 0 Å². The molecule has 16 heavy (non-hydrogen) atoms. The highest BCUT2D eigenvalue weighted by atomic mass is 32.1. The van der Waals surface area contributed by atoms with Gasteiger partial charge in [-0.15, -0.1) is 0 Å². The molecule has 3 N–H and O–H groups in total. The Balaban J connectivity index is 2.42. The van der Waals surface area contributed by atoms with E-state index in [2.05, 4.69) is 17.5 Å². The SMILES string of the molecule is NC(=S)NC(=O)CCC(=O)c1ccccc1. The van der Waals surface area contributed by atoms with Crippen molar-refractivity contribution in [2.24, 2.45) is 5.73 Å². The minimum Gasteiger partial charge on any atom is -0.376 e. The van der Waals surface area contributed by atoms with Crippen molar-refractivity contribution in [3.63, 3.8) is 0 Å². The molecule has 0 fully saturated rings. The number of carbonyl (C=O) groups is 2. The molecule has 0 saturated carbocycles. The van der Waals surface area contributed by atoms with Crippen molar-refractivity contribution in [2.45, 2.75) is 12.8 Å². The second-order valence-corrected chi connectivity index (χ2v) is 3.64. The molecule has 1 amide bonds. The standard InChI is InChI=1S/C11H12N2O2S/c12-11(16)13-10(15)7-6-9(14)8-4-2-1-3-5-8/h1-5H,6-7H2,(H3,12,13,15,16). The number of benzene rings is 1. The van der Waals surface area contributed by atoms with Gasteiger partial charge in [-0.3, -0.25) is 9.59 Å². The van der Waals surface area contributed by atoms with E-state index in [4.69, 9.17) is 5.73 Å². The van der Waals surface area contributed by atoms with Crippen molar-refractivity contribution in [1.29, 1.82) is 0 Å². The van der Waals surface area contributed by atoms with Crippen LogP contribution < -0.4 is 11.1 Å². The van der Waals surface area contributed by atoms with Crippen LogP contribution in [0.15, 0.2) is 30.3 Å². The number of thiocarbonyl (C=S) groups is 1. The summed E-state index contributed by atoms with van der Waals surface area (Å²) in [5.41, 5.74) is 5.73. The van der Waals surface area contributed by atoms with Gasteiger partial charge in [-0.1, -0.05) is 30.3 Å². The van der Waals surface area contributed by atoms with Gasteiger partial charge in [0.1, 0.15) is 0 Å². The normalized spacial score (nSPS) is 9.50. The molecule has 0 bridgehead atoms. The molecular formula is C11H12N2O2S. The number of Topliss-reactive ketones (excluding diaryl/α,β-unsaturated/α-hetero) is 1. The number of ketones is 1. The molecule has 0 heterocycles. The van der Waals surface area contributed by atoms with Gasteiger partial charge in [0.15, 0.2) is 10.9 Å². The first-order valence-corrected chi connectivity index (χ1v) is 5.18. The fourth-order valence-electron chi connectivity index (χ4n) is 1.20. The van der Waals surface area contributed by atoms with Gasteiger partial charge in [0, 0.05) is 18.4 Å². The van der Waals surface area contributed by atoms with E-state index in [1.807, 2.05) is 6.07 Å². The van der Waals surface area contributed by atoms with Crippen LogP contribution in [0.2, 0.25) is 0 Å². The van der Waals surface area contributed by atoms with Crippen LogP contribution in [0.25, 0.3) is 0 Å². The molecule has 5 heteroatoms. The first kappa shape index (κ1) is 12.3. The minimum absolute atomic E-state index is 0.0707. The Morgan fingerprint density at radius 2 is 1.81 bits per heavy atom. The second-order valence-electron chi connectivity index (χ2n) is 3.20. The lowest BCUT2D eigenvalue weighted by molar-refractivity contribution is -0.119. The third-order valence-corrected chi connectivity index (χ3v) is 2.04. The molecule has 1 aromatic carbocycles. The van der Waals surface area contributed by atoms with Gasteiger partial charge in [-0.2, -0.15) is 0 Å². The molecule has 0 saturated heterocycles. The zero-order chi connectivity index (χ0) is 12.0. The van der Waals surface area contributed by atoms with Crippen LogP contribution in [0.3, 0.4) is 0 Å².